The van der Waals surface area contributed by atoms with Crippen LogP contribution in [0.2, 0.25) is 0 Å². The maximum absolute atomic E-state index is 6.05. The number of aromatic nitrogens is 2. The van der Waals surface area contributed by atoms with Crippen LogP contribution in [0, 0.1) is 26.7 Å². The molecule has 2 aromatic heterocycles. The van der Waals surface area contributed by atoms with Crippen LogP contribution < -0.4 is 10.6 Å². The molecule has 158 valence electrons. The summed E-state index contributed by atoms with van der Waals surface area (Å²) in [5.74, 6) is 0.831. The Labute approximate surface area is 180 Å². The van der Waals surface area contributed by atoms with Crippen molar-refractivity contribution in [2.45, 2.75) is 59.3 Å². The monoisotopic (exact) mass is 402 g/mol. The average Bonchev–Trinajstić information content (AvgIpc) is 3.48. The Morgan fingerprint density at radius 3 is 2.63 bits per heavy atom. The molecule has 5 rings (SSSR count). The molecule has 2 aliphatic rings. The smallest absolute Gasteiger partial charge is 0.147 e. The van der Waals surface area contributed by atoms with E-state index in [2.05, 4.69) is 54.5 Å². The van der Waals surface area contributed by atoms with E-state index in [0.717, 1.165) is 43.2 Å². The molecule has 0 unspecified atom stereocenters. The number of fused-ring (bicyclic) bond motifs is 3. The maximum Gasteiger partial charge on any atom is 0.147 e. The van der Waals surface area contributed by atoms with Gasteiger partial charge < -0.3 is 10.6 Å². The van der Waals surface area contributed by atoms with E-state index in [1.807, 2.05) is 0 Å². The van der Waals surface area contributed by atoms with Gasteiger partial charge >= 0.3 is 0 Å². The Hall–Kier alpha value is -2.33. The molecular formula is C26H34N4. The van der Waals surface area contributed by atoms with Gasteiger partial charge in [0.05, 0.1) is 5.69 Å². The van der Waals surface area contributed by atoms with Gasteiger partial charge in [-0.25, -0.2) is 4.98 Å². The molecule has 0 spiro atoms. The molecule has 2 N–H and O–H groups in total. The largest absolute Gasteiger partial charge is 0.369 e. The summed E-state index contributed by atoms with van der Waals surface area (Å²) in [6.07, 6.45) is 7.53. The number of rotatable bonds is 6. The van der Waals surface area contributed by atoms with Gasteiger partial charge in [-0.2, -0.15) is 0 Å². The third-order valence-electron chi connectivity index (χ3n) is 6.84. The highest BCUT2D eigenvalue weighted by Crippen LogP contribution is 2.41. The molecule has 4 heteroatoms. The van der Waals surface area contributed by atoms with Crippen molar-refractivity contribution in [2.75, 3.05) is 24.5 Å². The van der Waals surface area contributed by atoms with Crippen molar-refractivity contribution < 1.29 is 0 Å². The second kappa shape index (κ2) is 7.73. The minimum absolute atomic E-state index is 0.690. The summed E-state index contributed by atoms with van der Waals surface area (Å²) < 4.78 is 2.48. The molecular weight excluding hydrogens is 368 g/mol. The van der Waals surface area contributed by atoms with Crippen molar-refractivity contribution in [3.63, 3.8) is 0 Å². The van der Waals surface area contributed by atoms with Gasteiger partial charge in [0.2, 0.25) is 0 Å². The van der Waals surface area contributed by atoms with Gasteiger partial charge in [-0.05, 0) is 88.5 Å². The van der Waals surface area contributed by atoms with E-state index >= 15 is 0 Å². The molecule has 2 aliphatic carbocycles. The molecule has 0 radical (unpaired) electrons. The number of anilines is 1. The number of nitrogens with zero attached hydrogens (tertiary/aromatic N) is 3. The van der Waals surface area contributed by atoms with E-state index in [0.29, 0.717) is 6.54 Å². The van der Waals surface area contributed by atoms with Gasteiger partial charge in [-0.3, -0.25) is 4.57 Å². The van der Waals surface area contributed by atoms with Crippen molar-refractivity contribution in [1.82, 2.24) is 9.55 Å². The van der Waals surface area contributed by atoms with Crippen molar-refractivity contribution in [2.24, 2.45) is 11.7 Å². The lowest BCUT2D eigenvalue weighted by Gasteiger charge is -2.26. The van der Waals surface area contributed by atoms with E-state index < -0.39 is 0 Å². The molecule has 30 heavy (non-hydrogen) atoms. The highest BCUT2D eigenvalue weighted by atomic mass is 15.2. The lowest BCUT2D eigenvalue weighted by atomic mass is 9.95. The summed E-state index contributed by atoms with van der Waals surface area (Å²) in [5.41, 5.74) is 16.6. The van der Waals surface area contributed by atoms with Crippen molar-refractivity contribution in [3.05, 3.63) is 52.3 Å². The summed E-state index contributed by atoms with van der Waals surface area (Å²) in [4.78, 5) is 7.68. The number of hydrogen-bond donors (Lipinski definition) is 1. The van der Waals surface area contributed by atoms with E-state index in [1.54, 1.807) is 0 Å². The van der Waals surface area contributed by atoms with Gasteiger partial charge in [0.25, 0.3) is 0 Å². The van der Waals surface area contributed by atoms with Crippen LogP contribution in [0.4, 0.5) is 5.69 Å². The Bertz CT molecular complexity index is 1090. The quantitative estimate of drug-likeness (QED) is 0.631. The van der Waals surface area contributed by atoms with Crippen LogP contribution in [0.5, 0.6) is 0 Å². The van der Waals surface area contributed by atoms with Gasteiger partial charge in [0.15, 0.2) is 0 Å². The molecule has 0 saturated heterocycles. The topological polar surface area (TPSA) is 47.1 Å². The SMILES string of the molecule is Cc1ccc(-n2c3c(c4c(N(CCN)CC5CC5)cc(C)nc42)CCCC3)c(C)c1. The highest BCUT2D eigenvalue weighted by Gasteiger charge is 2.29. The maximum atomic E-state index is 6.05. The molecule has 0 atom stereocenters. The average molecular weight is 403 g/mol. The van der Waals surface area contributed by atoms with E-state index in [1.165, 1.54) is 64.8 Å². The van der Waals surface area contributed by atoms with Crippen molar-refractivity contribution in [3.8, 4) is 5.69 Å². The first-order valence-corrected chi connectivity index (χ1v) is 11.6. The first kappa shape index (κ1) is 19.6. The first-order valence-electron chi connectivity index (χ1n) is 11.6. The molecule has 0 amide bonds. The summed E-state index contributed by atoms with van der Waals surface area (Å²) in [5, 5.41) is 1.38. The van der Waals surface area contributed by atoms with E-state index in [9.17, 15) is 0 Å². The van der Waals surface area contributed by atoms with Gasteiger partial charge in [-0.1, -0.05) is 17.7 Å². The second-order valence-electron chi connectivity index (χ2n) is 9.42. The number of pyridine rings is 1. The number of benzene rings is 1. The van der Waals surface area contributed by atoms with Crippen LogP contribution in [-0.4, -0.2) is 29.2 Å². The Morgan fingerprint density at radius 1 is 1.10 bits per heavy atom. The molecule has 1 saturated carbocycles. The van der Waals surface area contributed by atoms with Gasteiger partial charge in [0, 0.05) is 42.1 Å². The minimum atomic E-state index is 0.690. The predicted octanol–water partition coefficient (Wildman–Crippen LogP) is 5.00. The molecule has 1 fully saturated rings. The van der Waals surface area contributed by atoms with Gasteiger partial charge in [0.1, 0.15) is 5.65 Å². The Kier molecular flexibility index (Phi) is 5.06. The van der Waals surface area contributed by atoms with Crippen LogP contribution >= 0.6 is 0 Å². The summed E-state index contributed by atoms with van der Waals surface area (Å²) in [6.45, 7) is 9.27. The highest BCUT2D eigenvalue weighted by molar-refractivity contribution is 5.96. The number of hydrogen-bond acceptors (Lipinski definition) is 3. The lowest BCUT2D eigenvalue weighted by Crippen LogP contribution is -2.31. The molecule has 1 aromatic carbocycles. The van der Waals surface area contributed by atoms with Crippen LogP contribution in [0.25, 0.3) is 16.7 Å². The normalized spacial score (nSPS) is 16.1. The second-order valence-corrected chi connectivity index (χ2v) is 9.42. The zero-order valence-corrected chi connectivity index (χ0v) is 18.7. The Balaban J connectivity index is 1.78. The van der Waals surface area contributed by atoms with E-state index in [-0.39, 0.29) is 0 Å². The van der Waals surface area contributed by atoms with Crippen LogP contribution in [0.15, 0.2) is 24.3 Å². The zero-order valence-electron chi connectivity index (χ0n) is 18.7. The number of nitrogens with two attached hydrogens (primary N) is 1. The van der Waals surface area contributed by atoms with Crippen molar-refractivity contribution >= 4 is 16.7 Å². The first-order chi connectivity index (χ1) is 14.6. The standard InChI is InChI=1S/C26H34N4/c1-17-8-11-22(18(2)14-17)30-23-7-5-4-6-21(23)25-24(15-19(3)28-26(25)30)29(13-12-27)16-20-9-10-20/h8,11,14-15,20H,4-7,9-10,12-13,16,27H2,1-3H3. The van der Waals surface area contributed by atoms with Crippen molar-refractivity contribution in [1.29, 1.82) is 0 Å². The minimum Gasteiger partial charge on any atom is -0.369 e. The number of aryl methyl sites for hydroxylation is 4. The molecule has 3 aromatic rings. The fraction of sp³-hybridized carbons (Fsp3) is 0.500. The summed E-state index contributed by atoms with van der Waals surface area (Å²) in [6, 6.07) is 9.11. The van der Waals surface area contributed by atoms with Gasteiger partial charge in [-0.15, -0.1) is 0 Å². The van der Waals surface area contributed by atoms with Crippen LogP contribution in [0.1, 0.15) is 53.8 Å². The third kappa shape index (κ3) is 3.41. The fourth-order valence-corrected chi connectivity index (χ4v) is 5.27. The molecule has 2 heterocycles. The fourth-order valence-electron chi connectivity index (χ4n) is 5.27. The third-order valence-corrected chi connectivity index (χ3v) is 6.84. The lowest BCUT2D eigenvalue weighted by molar-refractivity contribution is 0.665. The molecule has 4 nitrogen and oxygen atoms in total. The predicted molar refractivity (Wildman–Crippen MR) is 126 cm³/mol. The Morgan fingerprint density at radius 2 is 1.90 bits per heavy atom. The summed E-state index contributed by atoms with van der Waals surface area (Å²) in [7, 11) is 0. The zero-order chi connectivity index (χ0) is 20.8. The van der Waals surface area contributed by atoms with Crippen LogP contribution in [-0.2, 0) is 12.8 Å². The summed E-state index contributed by atoms with van der Waals surface area (Å²) >= 11 is 0. The van der Waals surface area contributed by atoms with E-state index in [4.69, 9.17) is 10.7 Å². The molecule has 0 aliphatic heterocycles. The van der Waals surface area contributed by atoms with Crippen LogP contribution in [0.3, 0.4) is 0 Å². The molecule has 0 bridgehead atoms.